The molecule has 10 amide bonds. The first kappa shape index (κ1) is 59.4. The predicted octanol–water partition coefficient (Wildman–Crippen LogP) is -2.43. The molecule has 3 aliphatic rings. The van der Waals surface area contributed by atoms with Crippen LogP contribution in [0.1, 0.15) is 103 Å². The second kappa shape index (κ2) is 28.9. The first-order chi connectivity index (χ1) is 34.6. The highest BCUT2D eigenvalue weighted by Crippen LogP contribution is 2.48. The van der Waals surface area contributed by atoms with Crippen LogP contribution in [0.15, 0.2) is 35.3 Å². The van der Waals surface area contributed by atoms with Gasteiger partial charge in [-0.2, -0.15) is 0 Å². The van der Waals surface area contributed by atoms with E-state index in [-0.39, 0.29) is 56.9 Å². The summed E-state index contributed by atoms with van der Waals surface area (Å²) in [4.78, 5) is 142. The van der Waals surface area contributed by atoms with Crippen LogP contribution in [-0.2, 0) is 54.4 Å². The zero-order valence-electron chi connectivity index (χ0n) is 41.7. The number of benzene rings is 1. The molecule has 1 aromatic carbocycles. The van der Waals surface area contributed by atoms with E-state index in [1.807, 2.05) is 6.92 Å². The molecule has 9 atom stereocenters. The summed E-state index contributed by atoms with van der Waals surface area (Å²) in [5.74, 6) is -8.80. The number of nitrogens with two attached hydrogens (primary N) is 4. The number of aliphatic hydroxyl groups excluding tert-OH is 1. The number of amides is 10. The van der Waals surface area contributed by atoms with Crippen molar-refractivity contribution in [3.63, 3.8) is 0 Å². The Morgan fingerprint density at radius 3 is 2.12 bits per heavy atom. The molecule has 73 heavy (non-hydrogen) atoms. The highest BCUT2D eigenvalue weighted by molar-refractivity contribution is 8.77. The summed E-state index contributed by atoms with van der Waals surface area (Å²) in [5.41, 5.74) is 22.3. The fourth-order valence-electron chi connectivity index (χ4n) is 8.87. The Balaban J connectivity index is 1.73. The number of rotatable bonds is 17. The lowest BCUT2D eigenvalue weighted by Gasteiger charge is -2.37. The summed E-state index contributed by atoms with van der Waals surface area (Å²) in [6.07, 6.45) is 2.52. The molecule has 24 nitrogen and oxygen atoms in total. The SMILES string of the molecule is CC[C@H](C)[C@@H]1NC(=O)CC2(CCCCC2)SSC[C@@H](C(=O)N2CCC[C@@H]2C(=O)N[C@@H](CCCN=C(N)N)C(=O)NCC(N)=O)NC(=O)[C@H](CC(N)=O)NC(=O)[C@H]([C@H](C)O)NC(=O)[C@@H](Cc2ccccc2)NC1=O. The molecule has 2 saturated heterocycles. The molecule has 16 N–H and O–H groups in total. The average molecular weight is 1060 g/mol. The van der Waals surface area contributed by atoms with Crippen LogP contribution in [0.25, 0.3) is 0 Å². The number of aliphatic hydroxyl groups is 1. The molecule has 1 aliphatic carbocycles. The van der Waals surface area contributed by atoms with Gasteiger partial charge in [0.2, 0.25) is 59.1 Å². The Labute approximate surface area is 432 Å². The molecule has 1 saturated carbocycles. The molecular formula is C47H73N13O11S2. The van der Waals surface area contributed by atoms with Crippen molar-refractivity contribution in [1.82, 2.24) is 42.1 Å². The van der Waals surface area contributed by atoms with Crippen LogP contribution < -0.4 is 60.2 Å². The van der Waals surface area contributed by atoms with Gasteiger partial charge in [0, 0.05) is 36.4 Å². The van der Waals surface area contributed by atoms with E-state index in [2.05, 4.69) is 42.2 Å². The minimum absolute atomic E-state index is 0.0128. The molecule has 26 heteroatoms. The number of nitrogens with zero attached hydrogens (tertiary/aromatic N) is 2. The van der Waals surface area contributed by atoms with E-state index >= 15 is 0 Å². The maximum absolute atomic E-state index is 14.8. The highest BCUT2D eigenvalue weighted by Gasteiger charge is 2.43. The van der Waals surface area contributed by atoms with Gasteiger partial charge in [-0.25, -0.2) is 0 Å². The molecule has 1 aromatic rings. The van der Waals surface area contributed by atoms with Gasteiger partial charge in [-0.1, -0.05) is 91.5 Å². The normalized spacial score (nSPS) is 24.7. The van der Waals surface area contributed by atoms with Gasteiger partial charge in [0.15, 0.2) is 5.96 Å². The third kappa shape index (κ3) is 18.7. The summed E-state index contributed by atoms with van der Waals surface area (Å²) in [7, 11) is 2.56. The number of carbonyl (C=O) groups excluding carboxylic acids is 10. The van der Waals surface area contributed by atoms with Gasteiger partial charge in [0.25, 0.3) is 0 Å². The van der Waals surface area contributed by atoms with Gasteiger partial charge in [-0.15, -0.1) is 0 Å². The average Bonchev–Trinajstić information content (AvgIpc) is 3.84. The Morgan fingerprint density at radius 1 is 0.836 bits per heavy atom. The summed E-state index contributed by atoms with van der Waals surface area (Å²) in [5, 5.41) is 29.2. The first-order valence-electron chi connectivity index (χ1n) is 24.7. The Kier molecular flexibility index (Phi) is 23.5. The van der Waals surface area contributed by atoms with Gasteiger partial charge in [-0.05, 0) is 56.9 Å². The molecule has 3 fully saturated rings. The summed E-state index contributed by atoms with van der Waals surface area (Å²) >= 11 is 0. The quantitative estimate of drug-likeness (QED) is 0.0334. The molecule has 1 spiro atoms. The van der Waals surface area contributed by atoms with Gasteiger partial charge in [0.05, 0.1) is 19.1 Å². The monoisotopic (exact) mass is 1060 g/mol. The van der Waals surface area contributed by atoms with Gasteiger partial charge in [-0.3, -0.25) is 52.9 Å². The van der Waals surface area contributed by atoms with E-state index in [1.165, 1.54) is 33.4 Å². The minimum atomic E-state index is -1.75. The van der Waals surface area contributed by atoms with E-state index in [0.717, 1.165) is 19.3 Å². The number of aliphatic imine (C=N–C) groups is 1. The van der Waals surface area contributed by atoms with Crippen LogP contribution in [0.3, 0.4) is 0 Å². The molecule has 2 aliphatic heterocycles. The van der Waals surface area contributed by atoms with Crippen LogP contribution in [0.5, 0.6) is 0 Å². The fraction of sp³-hybridized carbons (Fsp3) is 0.638. The van der Waals surface area contributed by atoms with Crippen molar-refractivity contribution in [2.24, 2.45) is 33.8 Å². The fourth-order valence-corrected chi connectivity index (χ4v) is 12.2. The lowest BCUT2D eigenvalue weighted by molar-refractivity contribution is -0.142. The van der Waals surface area contributed by atoms with Crippen molar-refractivity contribution in [2.75, 3.05) is 25.4 Å². The molecule has 4 rings (SSSR count). The second-order valence-electron chi connectivity index (χ2n) is 18.9. The number of primary amides is 2. The predicted molar refractivity (Wildman–Crippen MR) is 274 cm³/mol. The standard InChI is InChI=1S/C47H73N13O11S2/c1-4-26(2)37-43(69)55-30(21-28-13-7-5-8-14-28)41(67)59-38(27(3)61)44(70)56-31(22-34(48)62)40(66)57-32(25-72-73-47(23-36(64)58-37)17-9-6-10-18-47)45(71)60-20-12-16-33(60)42(68)54-29(15-11-19-52-46(50)51)39(65)53-24-35(49)63/h5,7-8,13-14,26-27,29-33,37-38,61H,4,6,9-12,15-25H2,1-3H3,(H2,48,62)(H2,49,63)(H,53,65)(H,54,68)(H,55,69)(H,56,70)(H,57,66)(H,58,64)(H,59,67)(H4,50,51,52)/t26-,27-,29-,30+,31-,32-,33+,37-,38-/m0/s1. The topological polar surface area (TPSA) is 395 Å². The third-order valence-corrected chi connectivity index (χ3v) is 16.3. The highest BCUT2D eigenvalue weighted by atomic mass is 33.1. The minimum Gasteiger partial charge on any atom is -0.391 e. The maximum atomic E-state index is 14.8. The van der Waals surface area contributed by atoms with E-state index in [9.17, 15) is 53.1 Å². The van der Waals surface area contributed by atoms with Crippen molar-refractivity contribution >= 4 is 86.6 Å². The second-order valence-corrected chi connectivity index (χ2v) is 21.7. The van der Waals surface area contributed by atoms with Crippen LogP contribution in [0.2, 0.25) is 0 Å². The molecule has 404 valence electrons. The van der Waals surface area contributed by atoms with Gasteiger partial charge >= 0.3 is 0 Å². The van der Waals surface area contributed by atoms with Crippen LogP contribution in [-0.4, -0.2) is 154 Å². The van der Waals surface area contributed by atoms with Crippen LogP contribution >= 0.6 is 21.6 Å². The zero-order chi connectivity index (χ0) is 53.8. The maximum Gasteiger partial charge on any atom is 0.246 e. The molecule has 2 heterocycles. The number of nitrogens with one attached hydrogen (secondary N) is 7. The molecular weight excluding hydrogens is 987 g/mol. The molecule has 0 unspecified atom stereocenters. The number of hydrogen-bond donors (Lipinski definition) is 12. The molecule has 0 bridgehead atoms. The Morgan fingerprint density at radius 2 is 1.49 bits per heavy atom. The van der Waals surface area contributed by atoms with Crippen molar-refractivity contribution < 1.29 is 53.1 Å². The number of guanidine groups is 1. The van der Waals surface area contributed by atoms with E-state index in [0.29, 0.717) is 31.2 Å². The Bertz CT molecular complexity index is 2160. The number of hydrogen-bond acceptors (Lipinski definition) is 14. The van der Waals surface area contributed by atoms with E-state index in [1.54, 1.807) is 37.3 Å². The lowest BCUT2D eigenvalue weighted by atomic mass is 9.85. The van der Waals surface area contributed by atoms with Crippen molar-refractivity contribution in [2.45, 2.75) is 157 Å². The van der Waals surface area contributed by atoms with Crippen molar-refractivity contribution in [3.8, 4) is 0 Å². The number of likely N-dealkylation sites (tertiary alicyclic amines) is 1. The summed E-state index contributed by atoms with van der Waals surface area (Å²) in [6, 6.07) is -0.952. The number of carbonyl (C=O) groups is 10. The smallest absolute Gasteiger partial charge is 0.246 e. The molecule has 0 radical (unpaired) electrons. The summed E-state index contributed by atoms with van der Waals surface area (Å²) < 4.78 is -0.683. The van der Waals surface area contributed by atoms with Crippen molar-refractivity contribution in [3.05, 3.63) is 35.9 Å². The van der Waals surface area contributed by atoms with E-state index in [4.69, 9.17) is 22.9 Å². The Hall–Kier alpha value is -6.15. The first-order valence-corrected chi connectivity index (χ1v) is 27.0. The van der Waals surface area contributed by atoms with Gasteiger partial charge < -0.3 is 70.2 Å². The summed E-state index contributed by atoms with van der Waals surface area (Å²) in [6.45, 7) is 4.53. The van der Waals surface area contributed by atoms with Crippen LogP contribution in [0, 0.1) is 5.92 Å². The van der Waals surface area contributed by atoms with Gasteiger partial charge in [0.1, 0.15) is 42.3 Å². The third-order valence-electron chi connectivity index (χ3n) is 13.0. The van der Waals surface area contributed by atoms with E-state index < -0.39 is 131 Å². The van der Waals surface area contributed by atoms with Crippen LogP contribution in [0.4, 0.5) is 0 Å². The lowest BCUT2D eigenvalue weighted by Crippen LogP contribution is -2.62. The molecule has 0 aromatic heterocycles. The largest absolute Gasteiger partial charge is 0.391 e. The zero-order valence-corrected chi connectivity index (χ0v) is 43.3. The van der Waals surface area contributed by atoms with Crippen molar-refractivity contribution in [1.29, 1.82) is 0 Å².